The number of carbonyl (C=O) groups excluding carboxylic acids is 3. The molecular weight excluding hydrogens is 458 g/mol. The van der Waals surface area contributed by atoms with E-state index >= 15 is 0 Å². The summed E-state index contributed by atoms with van der Waals surface area (Å²) < 4.78 is 16.2. The molecule has 3 atom stereocenters. The van der Waals surface area contributed by atoms with E-state index in [0.717, 1.165) is 16.8 Å². The zero-order chi connectivity index (χ0) is 25.8. The standard InChI is InChI=1S/C29H31NO6/c1-5-35-29(33)24-18(3)30-22-15-17(2)23(28(32)34-4)27(31)26(22)25(24)20-11-13-21(14-12-20)36-16-19-9-7-6-8-10-19/h6-14,17,23,25,30H,5,15-16H2,1-4H3/t17-,23+,25-/m1/s1. The van der Waals surface area contributed by atoms with Crippen molar-refractivity contribution in [2.75, 3.05) is 13.7 Å². The molecule has 1 aliphatic heterocycles. The predicted molar refractivity (Wildman–Crippen MR) is 134 cm³/mol. The average molecular weight is 490 g/mol. The van der Waals surface area contributed by atoms with E-state index in [0.29, 0.717) is 35.6 Å². The molecule has 7 heteroatoms. The molecule has 1 N–H and O–H groups in total. The number of ether oxygens (including phenoxy) is 3. The number of hydrogen-bond acceptors (Lipinski definition) is 7. The highest BCUT2D eigenvalue weighted by Crippen LogP contribution is 2.45. The summed E-state index contributed by atoms with van der Waals surface area (Å²) in [6.45, 7) is 6.04. The molecule has 0 amide bonds. The van der Waals surface area contributed by atoms with Crippen LogP contribution in [0.15, 0.2) is 77.1 Å². The van der Waals surface area contributed by atoms with Crippen molar-refractivity contribution in [3.63, 3.8) is 0 Å². The Morgan fingerprint density at radius 1 is 1.06 bits per heavy atom. The highest BCUT2D eigenvalue weighted by Gasteiger charge is 2.47. The van der Waals surface area contributed by atoms with Gasteiger partial charge >= 0.3 is 11.9 Å². The van der Waals surface area contributed by atoms with E-state index in [9.17, 15) is 14.4 Å². The molecule has 0 radical (unpaired) electrons. The molecule has 188 valence electrons. The van der Waals surface area contributed by atoms with Gasteiger partial charge in [0.05, 0.1) is 19.3 Å². The maximum absolute atomic E-state index is 13.7. The van der Waals surface area contributed by atoms with Crippen molar-refractivity contribution in [3.05, 3.63) is 88.3 Å². The fraction of sp³-hybridized carbons (Fsp3) is 0.345. The van der Waals surface area contributed by atoms with Crippen LogP contribution in [0.5, 0.6) is 5.75 Å². The van der Waals surface area contributed by atoms with Crippen molar-refractivity contribution < 1.29 is 28.6 Å². The van der Waals surface area contributed by atoms with Gasteiger partial charge in [0.25, 0.3) is 0 Å². The van der Waals surface area contributed by atoms with Gasteiger partial charge in [-0.15, -0.1) is 0 Å². The van der Waals surface area contributed by atoms with E-state index in [-0.39, 0.29) is 18.3 Å². The van der Waals surface area contributed by atoms with E-state index in [4.69, 9.17) is 14.2 Å². The predicted octanol–water partition coefficient (Wildman–Crippen LogP) is 4.44. The first-order chi connectivity index (χ1) is 17.3. The fourth-order valence-corrected chi connectivity index (χ4v) is 4.99. The van der Waals surface area contributed by atoms with Gasteiger partial charge in [0.15, 0.2) is 5.78 Å². The topological polar surface area (TPSA) is 90.9 Å². The van der Waals surface area contributed by atoms with Crippen LogP contribution in [0.4, 0.5) is 0 Å². The molecule has 2 aromatic carbocycles. The van der Waals surface area contributed by atoms with Gasteiger partial charge in [-0.2, -0.15) is 0 Å². The minimum absolute atomic E-state index is 0.205. The van der Waals surface area contributed by atoms with Crippen LogP contribution < -0.4 is 10.1 Å². The normalized spacial score (nSPS) is 21.4. The van der Waals surface area contributed by atoms with Gasteiger partial charge in [-0.3, -0.25) is 9.59 Å². The van der Waals surface area contributed by atoms with Gasteiger partial charge in [-0.05, 0) is 49.4 Å². The van der Waals surface area contributed by atoms with Gasteiger partial charge < -0.3 is 19.5 Å². The number of hydrogen-bond donors (Lipinski definition) is 1. The Labute approximate surface area is 211 Å². The van der Waals surface area contributed by atoms with Crippen molar-refractivity contribution in [1.82, 2.24) is 5.32 Å². The van der Waals surface area contributed by atoms with Crippen LogP contribution in [0, 0.1) is 11.8 Å². The number of Topliss-reactive ketones (excluding diaryl/α,β-unsaturated/α-hetero) is 1. The number of benzene rings is 2. The lowest BCUT2D eigenvalue weighted by Crippen LogP contribution is -2.43. The first-order valence-electron chi connectivity index (χ1n) is 12.1. The lowest BCUT2D eigenvalue weighted by atomic mass is 9.69. The van der Waals surface area contributed by atoms with Crippen molar-refractivity contribution in [2.24, 2.45) is 11.8 Å². The first kappa shape index (κ1) is 25.2. The van der Waals surface area contributed by atoms with Gasteiger partial charge in [-0.25, -0.2) is 4.79 Å². The number of esters is 2. The summed E-state index contributed by atoms with van der Waals surface area (Å²) in [7, 11) is 1.28. The van der Waals surface area contributed by atoms with Gasteiger partial charge in [-0.1, -0.05) is 49.4 Å². The zero-order valence-corrected chi connectivity index (χ0v) is 21.0. The number of nitrogens with one attached hydrogen (secondary N) is 1. The molecule has 0 unspecified atom stereocenters. The van der Waals surface area contributed by atoms with Gasteiger partial charge in [0, 0.05) is 22.9 Å². The SMILES string of the molecule is CCOC(=O)C1=C(C)NC2=C(C(=O)[C@@H](C(=O)OC)[C@H](C)C2)[C@@H]1c1ccc(OCc2ccccc2)cc1. The van der Waals surface area contributed by atoms with E-state index in [2.05, 4.69) is 5.32 Å². The third-order valence-corrected chi connectivity index (χ3v) is 6.70. The second-order valence-corrected chi connectivity index (χ2v) is 9.10. The third kappa shape index (κ3) is 4.91. The molecule has 0 aromatic heterocycles. The molecule has 0 saturated carbocycles. The van der Waals surface area contributed by atoms with Crippen LogP contribution in [-0.4, -0.2) is 31.4 Å². The zero-order valence-electron chi connectivity index (χ0n) is 21.0. The number of ketones is 1. The molecule has 1 aliphatic carbocycles. The van der Waals surface area contributed by atoms with Crippen molar-refractivity contribution >= 4 is 17.7 Å². The van der Waals surface area contributed by atoms with E-state index in [1.54, 1.807) is 6.92 Å². The highest BCUT2D eigenvalue weighted by atomic mass is 16.5. The minimum atomic E-state index is -0.923. The molecule has 0 fully saturated rings. The van der Waals surface area contributed by atoms with E-state index in [1.807, 2.05) is 68.4 Å². The monoisotopic (exact) mass is 489 g/mol. The summed E-state index contributed by atoms with van der Waals surface area (Å²) in [6, 6.07) is 17.2. The largest absolute Gasteiger partial charge is 0.489 e. The number of dihydropyridines is 1. The molecule has 4 rings (SSSR count). The Kier molecular flexibility index (Phi) is 7.58. The van der Waals surface area contributed by atoms with Crippen molar-refractivity contribution in [1.29, 1.82) is 0 Å². The molecule has 7 nitrogen and oxygen atoms in total. The van der Waals surface area contributed by atoms with Crippen LogP contribution >= 0.6 is 0 Å². The van der Waals surface area contributed by atoms with Crippen molar-refractivity contribution in [2.45, 2.75) is 39.7 Å². The summed E-state index contributed by atoms with van der Waals surface area (Å²) in [5.74, 6) is -2.55. The number of allylic oxidation sites excluding steroid dienone is 3. The van der Waals surface area contributed by atoms with Crippen LogP contribution in [-0.2, 0) is 30.5 Å². The molecule has 0 spiro atoms. The van der Waals surface area contributed by atoms with Crippen LogP contribution in [0.1, 0.15) is 44.2 Å². The Morgan fingerprint density at radius 3 is 2.39 bits per heavy atom. The first-order valence-corrected chi connectivity index (χ1v) is 12.1. The number of methoxy groups -OCH3 is 1. The smallest absolute Gasteiger partial charge is 0.336 e. The molecule has 36 heavy (non-hydrogen) atoms. The molecule has 2 aliphatic rings. The number of carbonyl (C=O) groups is 3. The summed E-state index contributed by atoms with van der Waals surface area (Å²) in [4.78, 5) is 39.3. The fourth-order valence-electron chi connectivity index (χ4n) is 4.99. The Hall–Kier alpha value is -3.87. The number of rotatable bonds is 7. The summed E-state index contributed by atoms with van der Waals surface area (Å²) in [5.41, 5.74) is 3.93. The minimum Gasteiger partial charge on any atom is -0.489 e. The van der Waals surface area contributed by atoms with Crippen LogP contribution in [0.25, 0.3) is 0 Å². The average Bonchev–Trinajstić information content (AvgIpc) is 2.87. The van der Waals surface area contributed by atoms with E-state index in [1.165, 1.54) is 7.11 Å². The Balaban J connectivity index is 1.71. The second kappa shape index (κ2) is 10.8. The van der Waals surface area contributed by atoms with Gasteiger partial charge in [0.1, 0.15) is 18.3 Å². The second-order valence-electron chi connectivity index (χ2n) is 9.10. The molecule has 1 heterocycles. The molecule has 0 bridgehead atoms. The van der Waals surface area contributed by atoms with Gasteiger partial charge in [0.2, 0.25) is 0 Å². The third-order valence-electron chi connectivity index (χ3n) is 6.70. The maximum atomic E-state index is 13.7. The summed E-state index contributed by atoms with van der Waals surface area (Å²) >= 11 is 0. The molecule has 2 aromatic rings. The maximum Gasteiger partial charge on any atom is 0.336 e. The van der Waals surface area contributed by atoms with Crippen LogP contribution in [0.3, 0.4) is 0 Å². The lowest BCUT2D eigenvalue weighted by Gasteiger charge is -2.38. The Bertz CT molecular complexity index is 1210. The lowest BCUT2D eigenvalue weighted by molar-refractivity contribution is -0.151. The summed E-state index contributed by atoms with van der Waals surface area (Å²) in [6.07, 6.45) is 0.489. The molecular formula is C29H31NO6. The quantitative estimate of drug-likeness (QED) is 0.454. The van der Waals surface area contributed by atoms with Crippen LogP contribution in [0.2, 0.25) is 0 Å². The highest BCUT2D eigenvalue weighted by molar-refractivity contribution is 6.12. The van der Waals surface area contributed by atoms with E-state index < -0.39 is 23.8 Å². The Morgan fingerprint density at radius 2 is 1.75 bits per heavy atom. The van der Waals surface area contributed by atoms with Crippen molar-refractivity contribution in [3.8, 4) is 5.75 Å². The summed E-state index contributed by atoms with van der Waals surface area (Å²) in [5, 5.41) is 3.26. The molecule has 0 saturated heterocycles.